The van der Waals surface area contributed by atoms with Crippen molar-refractivity contribution in [3.63, 3.8) is 0 Å². The minimum Gasteiger partial charge on any atom is -0.424 e. The van der Waals surface area contributed by atoms with Crippen LogP contribution in [0.5, 0.6) is 11.8 Å². The van der Waals surface area contributed by atoms with Crippen LogP contribution in [0.15, 0.2) is 67.1 Å². The van der Waals surface area contributed by atoms with Gasteiger partial charge in [0.2, 0.25) is 5.91 Å². The fourth-order valence-electron chi connectivity index (χ4n) is 4.96. The molecule has 2 aromatic carbocycles. The van der Waals surface area contributed by atoms with E-state index in [9.17, 15) is 22.8 Å². The molecule has 6 rings (SSSR count). The molecule has 3 aromatic heterocycles. The summed E-state index contributed by atoms with van der Waals surface area (Å²) >= 11 is 1.45. The first-order chi connectivity index (χ1) is 22.7. The zero-order chi connectivity index (χ0) is 34.2. The molecule has 5 aromatic rings. The van der Waals surface area contributed by atoms with E-state index in [2.05, 4.69) is 30.7 Å². The Balaban J connectivity index is 1.11. The topological polar surface area (TPSA) is 127 Å². The summed E-state index contributed by atoms with van der Waals surface area (Å²) < 4.78 is 47.9. The van der Waals surface area contributed by atoms with Gasteiger partial charge in [-0.25, -0.2) is 24.4 Å². The van der Waals surface area contributed by atoms with Gasteiger partial charge in [-0.05, 0) is 60.9 Å². The van der Waals surface area contributed by atoms with Gasteiger partial charge in [-0.15, -0.1) is 0 Å². The number of urea groups is 1. The summed E-state index contributed by atoms with van der Waals surface area (Å²) in [5.41, 5.74) is 0.732. The van der Waals surface area contributed by atoms with Gasteiger partial charge in [0.25, 0.3) is 0 Å². The molecule has 0 aliphatic carbocycles. The Morgan fingerprint density at radius 1 is 0.958 bits per heavy atom. The standard InChI is InChI=1S/C33H31F3N8O3S/c1-19-7-10-22(14-24(19)33(34,35)36)44-27(15-26(42-44)32(2,3)4)41-29(46)40-21-16-37-30(38-17-21)47-23-11-8-20(9-12-23)25-18-39-31(48-25)43-13-5-6-28(43)45/h7-12,14-18H,5-6,13H2,1-4H3,(H2,40,41,46). The minimum atomic E-state index is -4.55. The Morgan fingerprint density at radius 2 is 1.69 bits per heavy atom. The molecule has 0 radical (unpaired) electrons. The second-order valence-electron chi connectivity index (χ2n) is 12.2. The molecule has 3 amide bonds. The number of carbonyl (C=O) groups is 2. The van der Waals surface area contributed by atoms with Crippen LogP contribution in [0, 0.1) is 6.92 Å². The molecule has 1 aliphatic rings. The molecular weight excluding hydrogens is 645 g/mol. The van der Waals surface area contributed by atoms with Crippen LogP contribution in [0.3, 0.4) is 0 Å². The summed E-state index contributed by atoms with van der Waals surface area (Å²) in [4.78, 5) is 40.4. The quantitative estimate of drug-likeness (QED) is 0.179. The molecule has 1 aliphatic heterocycles. The van der Waals surface area contributed by atoms with E-state index in [1.165, 1.54) is 47.5 Å². The molecule has 248 valence electrons. The number of halogens is 3. The normalized spacial score (nSPS) is 13.6. The van der Waals surface area contributed by atoms with Crippen molar-refractivity contribution in [3.05, 3.63) is 83.9 Å². The summed E-state index contributed by atoms with van der Waals surface area (Å²) in [5.74, 6) is 0.759. The molecule has 11 nitrogen and oxygen atoms in total. The Labute approximate surface area is 277 Å². The molecular formula is C33H31F3N8O3S. The first-order valence-electron chi connectivity index (χ1n) is 15.0. The van der Waals surface area contributed by atoms with E-state index in [4.69, 9.17) is 4.74 Å². The number of hydrogen-bond donors (Lipinski definition) is 2. The minimum absolute atomic E-state index is 0.0501. The van der Waals surface area contributed by atoms with Gasteiger partial charge in [0.05, 0.1) is 39.9 Å². The van der Waals surface area contributed by atoms with Crippen LogP contribution in [-0.4, -0.2) is 43.2 Å². The number of nitrogens with zero attached hydrogens (tertiary/aromatic N) is 6. The maximum absolute atomic E-state index is 13.6. The molecule has 4 heterocycles. The summed E-state index contributed by atoms with van der Waals surface area (Å²) in [5, 5.41) is 10.5. The predicted octanol–water partition coefficient (Wildman–Crippen LogP) is 7.97. The van der Waals surface area contributed by atoms with Crippen molar-refractivity contribution in [2.75, 3.05) is 22.1 Å². The number of thiazole rings is 1. The molecule has 1 fully saturated rings. The fraction of sp³-hybridized carbons (Fsp3) is 0.273. The van der Waals surface area contributed by atoms with Crippen molar-refractivity contribution in [1.29, 1.82) is 0 Å². The zero-order valence-electron chi connectivity index (χ0n) is 26.4. The fourth-order valence-corrected chi connectivity index (χ4v) is 5.92. The smallest absolute Gasteiger partial charge is 0.416 e. The van der Waals surface area contributed by atoms with Gasteiger partial charge in [-0.1, -0.05) is 38.2 Å². The van der Waals surface area contributed by atoms with Gasteiger partial charge in [-0.3, -0.25) is 15.0 Å². The maximum atomic E-state index is 13.6. The molecule has 2 N–H and O–H groups in total. The van der Waals surface area contributed by atoms with Crippen molar-refractivity contribution in [1.82, 2.24) is 24.7 Å². The summed E-state index contributed by atoms with van der Waals surface area (Å²) in [6.07, 6.45) is 1.31. The summed E-state index contributed by atoms with van der Waals surface area (Å²) in [7, 11) is 0. The highest BCUT2D eigenvalue weighted by atomic mass is 32.1. The number of anilines is 3. The third kappa shape index (κ3) is 7.15. The van der Waals surface area contributed by atoms with E-state index in [0.717, 1.165) is 22.9 Å². The Morgan fingerprint density at radius 3 is 2.33 bits per heavy atom. The van der Waals surface area contributed by atoms with E-state index < -0.39 is 23.2 Å². The zero-order valence-corrected chi connectivity index (χ0v) is 27.2. The number of carbonyl (C=O) groups excluding carboxylic acids is 2. The lowest BCUT2D eigenvalue weighted by atomic mass is 9.92. The largest absolute Gasteiger partial charge is 0.424 e. The van der Waals surface area contributed by atoms with Crippen LogP contribution in [0.1, 0.15) is 50.4 Å². The Kier molecular flexibility index (Phi) is 8.64. The van der Waals surface area contributed by atoms with E-state index in [-0.39, 0.29) is 34.7 Å². The Hall–Kier alpha value is -5.31. The van der Waals surface area contributed by atoms with E-state index >= 15 is 0 Å². The maximum Gasteiger partial charge on any atom is 0.416 e. The van der Waals surface area contributed by atoms with Crippen LogP contribution < -0.4 is 20.3 Å². The highest BCUT2D eigenvalue weighted by Gasteiger charge is 2.33. The van der Waals surface area contributed by atoms with Crippen molar-refractivity contribution in [2.24, 2.45) is 0 Å². The second-order valence-corrected chi connectivity index (χ2v) is 13.2. The first kappa shape index (κ1) is 32.6. The molecule has 0 bridgehead atoms. The molecule has 15 heteroatoms. The average molecular weight is 677 g/mol. The number of alkyl halides is 3. The number of rotatable bonds is 7. The van der Waals surface area contributed by atoms with Gasteiger partial charge >= 0.3 is 18.2 Å². The van der Waals surface area contributed by atoms with Crippen molar-refractivity contribution >= 4 is 39.9 Å². The monoisotopic (exact) mass is 676 g/mol. The second kappa shape index (κ2) is 12.7. The molecule has 1 saturated heterocycles. The number of amides is 3. The number of ether oxygens (including phenoxy) is 1. The number of nitrogens with one attached hydrogen (secondary N) is 2. The molecule has 0 saturated carbocycles. The van der Waals surface area contributed by atoms with Gasteiger partial charge in [-0.2, -0.15) is 18.3 Å². The van der Waals surface area contributed by atoms with Crippen LogP contribution in [0.2, 0.25) is 0 Å². The van der Waals surface area contributed by atoms with Gasteiger partial charge in [0.1, 0.15) is 11.6 Å². The van der Waals surface area contributed by atoms with Crippen molar-refractivity contribution in [3.8, 4) is 27.9 Å². The van der Waals surface area contributed by atoms with Gasteiger partial charge in [0.15, 0.2) is 5.13 Å². The van der Waals surface area contributed by atoms with Crippen molar-refractivity contribution in [2.45, 2.75) is 52.1 Å². The molecule has 0 unspecified atom stereocenters. The lowest BCUT2D eigenvalue weighted by Gasteiger charge is -2.15. The highest BCUT2D eigenvalue weighted by Crippen LogP contribution is 2.36. The van der Waals surface area contributed by atoms with Crippen LogP contribution in [0.25, 0.3) is 16.1 Å². The van der Waals surface area contributed by atoms with E-state index in [1.807, 2.05) is 32.9 Å². The van der Waals surface area contributed by atoms with E-state index in [1.54, 1.807) is 29.3 Å². The third-order valence-corrected chi connectivity index (χ3v) is 8.59. The molecule has 48 heavy (non-hydrogen) atoms. The molecule has 0 spiro atoms. The van der Waals surface area contributed by atoms with Gasteiger partial charge in [0, 0.05) is 30.6 Å². The summed E-state index contributed by atoms with van der Waals surface area (Å²) in [6, 6.07) is 12.2. The highest BCUT2D eigenvalue weighted by molar-refractivity contribution is 7.19. The number of aryl methyl sites for hydroxylation is 1. The third-order valence-electron chi connectivity index (χ3n) is 7.52. The SMILES string of the molecule is Cc1ccc(-n2nc(C(C)(C)C)cc2NC(=O)Nc2cnc(Oc3ccc(-c4cnc(N5CCCC5=O)s4)cc3)nc2)cc1C(F)(F)F. The number of aromatic nitrogens is 5. The van der Waals surface area contributed by atoms with Gasteiger partial charge < -0.3 is 10.1 Å². The molecule has 0 atom stereocenters. The average Bonchev–Trinajstić information content (AvgIpc) is 3.78. The van der Waals surface area contributed by atoms with Crippen LogP contribution >= 0.6 is 11.3 Å². The lowest BCUT2D eigenvalue weighted by molar-refractivity contribution is -0.138. The summed E-state index contributed by atoms with van der Waals surface area (Å²) in [6.45, 7) is 7.80. The van der Waals surface area contributed by atoms with Crippen LogP contribution in [-0.2, 0) is 16.4 Å². The number of benzene rings is 2. The van der Waals surface area contributed by atoms with Crippen molar-refractivity contribution < 1.29 is 27.5 Å². The number of hydrogen-bond acceptors (Lipinski definition) is 8. The predicted molar refractivity (Wildman–Crippen MR) is 176 cm³/mol. The Bertz CT molecular complexity index is 1970. The first-order valence-corrected chi connectivity index (χ1v) is 15.8. The lowest BCUT2D eigenvalue weighted by Crippen LogP contribution is -2.23. The van der Waals surface area contributed by atoms with Crippen LogP contribution in [0.4, 0.5) is 34.6 Å². The van der Waals surface area contributed by atoms with E-state index in [0.29, 0.717) is 29.5 Å².